The molecule has 81 valence electrons. The molecule has 0 aliphatic carbocycles. The molecule has 0 atom stereocenters. The first-order valence-electron chi connectivity index (χ1n) is 4.65. The topological polar surface area (TPSA) is 23.1 Å². The third kappa shape index (κ3) is 2.47. The molecule has 0 aliphatic rings. The van der Waals surface area contributed by atoms with Crippen LogP contribution < -0.4 is 5.06 Å². The van der Waals surface area contributed by atoms with Crippen molar-refractivity contribution in [3.05, 3.63) is 58.6 Å². The van der Waals surface area contributed by atoms with Crippen molar-refractivity contribution in [3.63, 3.8) is 0 Å². The smallest absolute Gasteiger partial charge is 0.0727 e. The minimum Gasteiger partial charge on any atom is -0.188 e. The van der Waals surface area contributed by atoms with Gasteiger partial charge >= 0.3 is 0 Å². The molecule has 2 nitrogen and oxygen atoms in total. The molecule has 0 N–H and O–H groups in total. The summed E-state index contributed by atoms with van der Waals surface area (Å²) in [6, 6.07) is 13.4. The molecule has 0 heterocycles. The van der Waals surface area contributed by atoms with Crippen LogP contribution in [0.5, 0.6) is 0 Å². The summed E-state index contributed by atoms with van der Waals surface area (Å²) in [6.07, 6.45) is 0. The Bertz CT molecular complexity index is 422. The van der Waals surface area contributed by atoms with Crippen molar-refractivity contribution in [1.82, 2.24) is 0 Å². The maximum atomic E-state index is 11.9. The number of benzene rings is 2. The van der Waals surface area contributed by atoms with E-state index < -0.39 is 0 Å². The summed E-state index contributed by atoms with van der Waals surface area (Å²) in [5, 5.41) is 13.9. The Morgan fingerprint density at radius 2 is 1.00 bits per heavy atom. The first kappa shape index (κ1) is 11.3. The summed E-state index contributed by atoms with van der Waals surface area (Å²) in [5.74, 6) is 0. The van der Waals surface area contributed by atoms with E-state index in [-0.39, 0.29) is 0 Å². The van der Waals surface area contributed by atoms with Gasteiger partial charge in [-0.2, -0.15) is 5.06 Å². The van der Waals surface area contributed by atoms with E-state index in [1.807, 2.05) is 0 Å². The van der Waals surface area contributed by atoms with Crippen molar-refractivity contribution in [2.75, 3.05) is 5.06 Å². The fraction of sp³-hybridized carbons (Fsp3) is 0. The van der Waals surface area contributed by atoms with Gasteiger partial charge in [0.05, 0.1) is 11.4 Å². The number of nitrogens with zero attached hydrogens (tertiary/aromatic N) is 1. The SMILES string of the molecule is [O]N(c1ccc(Cl)cc1)c1ccc(Cl)cc1. The van der Waals surface area contributed by atoms with Gasteiger partial charge in [-0.3, -0.25) is 0 Å². The van der Waals surface area contributed by atoms with Crippen LogP contribution in [-0.2, 0) is 5.21 Å². The van der Waals surface area contributed by atoms with E-state index in [2.05, 4.69) is 0 Å². The van der Waals surface area contributed by atoms with Gasteiger partial charge in [-0.15, -0.1) is 0 Å². The monoisotopic (exact) mass is 252 g/mol. The van der Waals surface area contributed by atoms with Crippen LogP contribution in [0.3, 0.4) is 0 Å². The molecule has 0 spiro atoms. The molecule has 0 unspecified atom stereocenters. The summed E-state index contributed by atoms with van der Waals surface area (Å²) >= 11 is 11.5. The molecule has 2 aromatic carbocycles. The molecule has 0 aliphatic heterocycles. The van der Waals surface area contributed by atoms with Crippen LogP contribution in [0.25, 0.3) is 0 Å². The van der Waals surface area contributed by atoms with Crippen LogP contribution in [0.1, 0.15) is 0 Å². The van der Waals surface area contributed by atoms with E-state index in [4.69, 9.17) is 23.2 Å². The van der Waals surface area contributed by atoms with Crippen LogP contribution >= 0.6 is 23.2 Å². The molecule has 0 saturated heterocycles. The van der Waals surface area contributed by atoms with Gasteiger partial charge in [0.25, 0.3) is 0 Å². The Hall–Kier alpha value is -1.22. The molecule has 0 aromatic heterocycles. The van der Waals surface area contributed by atoms with Gasteiger partial charge in [-0.1, -0.05) is 28.4 Å². The molecule has 0 fully saturated rings. The largest absolute Gasteiger partial charge is 0.188 e. The molecule has 2 rings (SSSR count). The van der Waals surface area contributed by atoms with E-state index >= 15 is 0 Å². The zero-order chi connectivity index (χ0) is 11.5. The highest BCUT2D eigenvalue weighted by atomic mass is 35.5. The van der Waals surface area contributed by atoms with Crippen molar-refractivity contribution in [3.8, 4) is 0 Å². The average molecular weight is 253 g/mol. The molecule has 0 amide bonds. The van der Waals surface area contributed by atoms with E-state index in [1.54, 1.807) is 48.5 Å². The van der Waals surface area contributed by atoms with Gasteiger partial charge in [0.2, 0.25) is 0 Å². The number of halogens is 2. The lowest BCUT2D eigenvalue weighted by Gasteiger charge is -2.13. The Morgan fingerprint density at radius 3 is 1.31 bits per heavy atom. The van der Waals surface area contributed by atoms with Crippen LogP contribution in [0.2, 0.25) is 10.0 Å². The summed E-state index contributed by atoms with van der Waals surface area (Å²) in [5.41, 5.74) is 1.07. The zero-order valence-electron chi connectivity index (χ0n) is 8.23. The normalized spacial score (nSPS) is 10.2. The van der Waals surface area contributed by atoms with Gasteiger partial charge in [-0.05, 0) is 48.5 Å². The van der Waals surface area contributed by atoms with E-state index in [0.29, 0.717) is 21.4 Å². The highest BCUT2D eigenvalue weighted by molar-refractivity contribution is 6.30. The minimum absolute atomic E-state index is 0.534. The Labute approximate surface area is 104 Å². The Morgan fingerprint density at radius 1 is 0.688 bits per heavy atom. The molecule has 2 aromatic rings. The number of hydrogen-bond donors (Lipinski definition) is 0. The van der Waals surface area contributed by atoms with Gasteiger partial charge in [0, 0.05) is 10.0 Å². The lowest BCUT2D eigenvalue weighted by molar-refractivity contribution is 0.196. The van der Waals surface area contributed by atoms with Crippen molar-refractivity contribution >= 4 is 34.6 Å². The highest BCUT2D eigenvalue weighted by Crippen LogP contribution is 2.25. The lowest BCUT2D eigenvalue weighted by Crippen LogP contribution is -2.07. The molecule has 1 radical (unpaired) electrons. The van der Waals surface area contributed by atoms with Crippen molar-refractivity contribution in [1.29, 1.82) is 0 Å². The average Bonchev–Trinajstić information content (AvgIpc) is 2.30. The maximum Gasteiger partial charge on any atom is 0.0727 e. The third-order valence-electron chi connectivity index (χ3n) is 2.12. The number of rotatable bonds is 2. The standard InChI is InChI=1S/C12H8Cl2NO/c13-9-1-5-11(6-2-9)15(16)12-7-3-10(14)4-8-12/h1-8H. The second kappa shape index (κ2) is 4.74. The van der Waals surface area contributed by atoms with Crippen LogP contribution in [0, 0.1) is 0 Å². The second-order valence-corrected chi connectivity index (χ2v) is 4.12. The van der Waals surface area contributed by atoms with Crippen molar-refractivity contribution in [2.24, 2.45) is 0 Å². The molecule has 0 bridgehead atoms. The fourth-order valence-corrected chi connectivity index (χ4v) is 1.55. The summed E-state index contributed by atoms with van der Waals surface area (Å²) < 4.78 is 0. The summed E-state index contributed by atoms with van der Waals surface area (Å²) in [6.45, 7) is 0. The van der Waals surface area contributed by atoms with Gasteiger partial charge < -0.3 is 0 Å². The van der Waals surface area contributed by atoms with Gasteiger partial charge in [-0.25, -0.2) is 0 Å². The molecule has 16 heavy (non-hydrogen) atoms. The van der Waals surface area contributed by atoms with Crippen molar-refractivity contribution < 1.29 is 5.21 Å². The predicted molar refractivity (Wildman–Crippen MR) is 65.7 cm³/mol. The zero-order valence-corrected chi connectivity index (χ0v) is 9.74. The summed E-state index contributed by atoms with van der Waals surface area (Å²) in [4.78, 5) is 0. The molecular weight excluding hydrogens is 245 g/mol. The van der Waals surface area contributed by atoms with Gasteiger partial charge in [0.15, 0.2) is 0 Å². The predicted octanol–water partition coefficient (Wildman–Crippen LogP) is 4.48. The maximum absolute atomic E-state index is 11.9. The number of anilines is 2. The molecule has 0 saturated carbocycles. The number of hydrogen-bond acceptors (Lipinski definition) is 1. The first-order valence-corrected chi connectivity index (χ1v) is 5.41. The van der Waals surface area contributed by atoms with Gasteiger partial charge in [0.1, 0.15) is 0 Å². The molecule has 4 heteroatoms. The minimum atomic E-state index is 0.534. The van der Waals surface area contributed by atoms with E-state index in [1.165, 1.54) is 0 Å². The third-order valence-corrected chi connectivity index (χ3v) is 2.63. The highest BCUT2D eigenvalue weighted by Gasteiger charge is 2.07. The van der Waals surface area contributed by atoms with E-state index in [9.17, 15) is 5.21 Å². The fourth-order valence-electron chi connectivity index (χ4n) is 1.30. The van der Waals surface area contributed by atoms with Crippen LogP contribution in [0.15, 0.2) is 48.5 Å². The molecular formula is C12H8Cl2NO. The van der Waals surface area contributed by atoms with Crippen molar-refractivity contribution in [2.45, 2.75) is 0 Å². The summed E-state index contributed by atoms with van der Waals surface area (Å²) in [7, 11) is 0. The van der Waals surface area contributed by atoms with Crippen LogP contribution in [-0.4, -0.2) is 0 Å². The Kier molecular flexibility index (Phi) is 3.34. The van der Waals surface area contributed by atoms with E-state index in [0.717, 1.165) is 5.06 Å². The Balaban J connectivity index is 2.28. The van der Waals surface area contributed by atoms with Crippen LogP contribution in [0.4, 0.5) is 11.4 Å². The second-order valence-electron chi connectivity index (χ2n) is 3.25. The quantitative estimate of drug-likeness (QED) is 0.723. The first-order chi connectivity index (χ1) is 7.66. The lowest BCUT2D eigenvalue weighted by atomic mass is 10.2.